The summed E-state index contributed by atoms with van der Waals surface area (Å²) in [5.74, 6) is -3.10. The van der Waals surface area contributed by atoms with E-state index in [-0.39, 0.29) is 58.5 Å². The van der Waals surface area contributed by atoms with Gasteiger partial charge < -0.3 is 34.3 Å². The smallest absolute Gasteiger partial charge is 0.347 e. The van der Waals surface area contributed by atoms with Gasteiger partial charge in [0.25, 0.3) is 0 Å². The number of aryl methyl sites for hydroxylation is 1. The largest absolute Gasteiger partial charge is 0.507 e. The summed E-state index contributed by atoms with van der Waals surface area (Å²) in [6.45, 7) is 2.73. The Bertz CT molecular complexity index is 1020. The average Bonchev–Trinajstić information content (AvgIpc) is 2.79. The number of fused-ring (bicyclic) bond motifs is 2. The summed E-state index contributed by atoms with van der Waals surface area (Å²) in [7, 11) is 2.76. The van der Waals surface area contributed by atoms with Gasteiger partial charge in [-0.2, -0.15) is 0 Å². The Kier molecular flexibility index (Phi) is 5.36. The number of methoxy groups -OCH3 is 2. The fraction of sp³-hybridized carbons (Fsp3) is 0.300. The molecule has 1 aliphatic heterocycles. The predicted molar refractivity (Wildman–Crippen MR) is 99.1 cm³/mol. The van der Waals surface area contributed by atoms with Gasteiger partial charge in [0, 0.05) is 19.8 Å². The highest BCUT2D eigenvalue weighted by Crippen LogP contribution is 2.50. The maximum absolute atomic E-state index is 12.9. The van der Waals surface area contributed by atoms with Gasteiger partial charge in [-0.05, 0) is 25.5 Å². The Labute approximate surface area is 166 Å². The number of carbonyl (C=O) groups is 2. The van der Waals surface area contributed by atoms with E-state index < -0.39 is 23.3 Å². The Hall–Kier alpha value is -3.30. The number of rotatable bonds is 5. The molecular formula is C20H20O9. The SMILES string of the molecule is COCc1c(O)c(C(=O)O)c(C)c2c1OC(=O)c1c(C)cc(O)c(COC)c1O2. The van der Waals surface area contributed by atoms with Crippen LogP contribution in [0.5, 0.6) is 28.7 Å². The predicted octanol–water partition coefficient (Wildman–Crippen LogP) is 3.03. The lowest BCUT2D eigenvalue weighted by Gasteiger charge is -2.19. The quantitative estimate of drug-likeness (QED) is 0.508. The number of aromatic hydroxyl groups is 2. The molecule has 9 nitrogen and oxygen atoms in total. The van der Waals surface area contributed by atoms with E-state index in [0.717, 1.165) is 0 Å². The zero-order valence-electron chi connectivity index (χ0n) is 16.3. The molecule has 9 heteroatoms. The number of hydrogen-bond acceptors (Lipinski definition) is 8. The van der Waals surface area contributed by atoms with Crippen molar-refractivity contribution in [3.05, 3.63) is 39.4 Å². The number of aromatic carboxylic acids is 1. The molecule has 0 saturated heterocycles. The molecule has 3 N–H and O–H groups in total. The number of ether oxygens (including phenoxy) is 4. The zero-order valence-corrected chi connectivity index (χ0v) is 16.3. The van der Waals surface area contributed by atoms with Crippen LogP contribution in [0.3, 0.4) is 0 Å². The summed E-state index contributed by atoms with van der Waals surface area (Å²) in [5.41, 5.74) is 0.265. The highest BCUT2D eigenvalue weighted by Gasteiger charge is 2.35. The van der Waals surface area contributed by atoms with Crippen molar-refractivity contribution in [2.45, 2.75) is 27.1 Å². The molecule has 0 aromatic heterocycles. The molecule has 2 aromatic carbocycles. The highest BCUT2D eigenvalue weighted by atomic mass is 16.6. The molecule has 0 atom stereocenters. The molecule has 0 bridgehead atoms. The maximum Gasteiger partial charge on any atom is 0.347 e. The van der Waals surface area contributed by atoms with Gasteiger partial charge in [-0.25, -0.2) is 9.59 Å². The number of carboxylic acid groups (broad SMARTS) is 1. The normalized spacial score (nSPS) is 12.5. The summed E-state index contributed by atoms with van der Waals surface area (Å²) >= 11 is 0. The summed E-state index contributed by atoms with van der Waals surface area (Å²) in [4.78, 5) is 24.6. The molecule has 154 valence electrons. The Balaban J connectivity index is 2.39. The van der Waals surface area contributed by atoms with E-state index in [0.29, 0.717) is 5.56 Å². The Morgan fingerprint density at radius 3 is 2.21 bits per heavy atom. The molecule has 0 amide bonds. The van der Waals surface area contributed by atoms with Gasteiger partial charge in [0.2, 0.25) is 0 Å². The van der Waals surface area contributed by atoms with Crippen LogP contribution in [0.1, 0.15) is 43.0 Å². The van der Waals surface area contributed by atoms with E-state index in [1.54, 1.807) is 6.92 Å². The first-order chi connectivity index (χ1) is 13.7. The summed E-state index contributed by atoms with van der Waals surface area (Å²) in [6.07, 6.45) is 0. The molecule has 3 rings (SSSR count). The van der Waals surface area contributed by atoms with Crippen molar-refractivity contribution in [1.29, 1.82) is 0 Å². The molecular weight excluding hydrogens is 384 g/mol. The van der Waals surface area contributed by atoms with E-state index in [4.69, 9.17) is 18.9 Å². The fourth-order valence-electron chi connectivity index (χ4n) is 3.33. The van der Waals surface area contributed by atoms with Crippen LogP contribution in [0.15, 0.2) is 6.07 Å². The zero-order chi connectivity index (χ0) is 21.5. The van der Waals surface area contributed by atoms with Crippen molar-refractivity contribution < 1.29 is 43.9 Å². The average molecular weight is 404 g/mol. The number of benzene rings is 2. The highest BCUT2D eigenvalue weighted by molar-refractivity contribution is 6.00. The summed E-state index contributed by atoms with van der Waals surface area (Å²) < 4.78 is 21.6. The Morgan fingerprint density at radius 1 is 1.00 bits per heavy atom. The second-order valence-corrected chi connectivity index (χ2v) is 6.54. The van der Waals surface area contributed by atoms with Crippen molar-refractivity contribution in [1.82, 2.24) is 0 Å². The van der Waals surface area contributed by atoms with Gasteiger partial charge in [-0.15, -0.1) is 0 Å². The second kappa shape index (κ2) is 7.61. The number of phenolic OH excluding ortho intramolecular Hbond substituents is 1. The molecule has 1 heterocycles. The minimum absolute atomic E-state index is 0.00148. The molecule has 29 heavy (non-hydrogen) atoms. The van der Waals surface area contributed by atoms with Gasteiger partial charge in [0.1, 0.15) is 22.6 Å². The van der Waals surface area contributed by atoms with Crippen LogP contribution in [0.25, 0.3) is 0 Å². The minimum atomic E-state index is -1.39. The van der Waals surface area contributed by atoms with E-state index in [2.05, 4.69) is 0 Å². The third kappa shape index (κ3) is 3.24. The van der Waals surface area contributed by atoms with E-state index >= 15 is 0 Å². The number of esters is 1. The monoisotopic (exact) mass is 404 g/mol. The van der Waals surface area contributed by atoms with Crippen LogP contribution in [0.2, 0.25) is 0 Å². The van der Waals surface area contributed by atoms with Crippen LogP contribution in [0.4, 0.5) is 0 Å². The van der Waals surface area contributed by atoms with E-state index in [1.165, 1.54) is 27.2 Å². The molecule has 0 unspecified atom stereocenters. The lowest BCUT2D eigenvalue weighted by molar-refractivity contribution is 0.0691. The lowest BCUT2D eigenvalue weighted by Crippen LogP contribution is -2.12. The number of hydrogen-bond donors (Lipinski definition) is 3. The first-order valence-electron chi connectivity index (χ1n) is 8.57. The molecule has 0 spiro atoms. The van der Waals surface area contributed by atoms with Crippen LogP contribution in [-0.2, 0) is 22.7 Å². The van der Waals surface area contributed by atoms with Crippen molar-refractivity contribution >= 4 is 11.9 Å². The van der Waals surface area contributed by atoms with Crippen molar-refractivity contribution in [2.75, 3.05) is 14.2 Å². The topological polar surface area (TPSA) is 132 Å². The maximum atomic E-state index is 12.9. The lowest BCUT2D eigenvalue weighted by atomic mass is 10.0. The van der Waals surface area contributed by atoms with Crippen LogP contribution in [0, 0.1) is 13.8 Å². The first-order valence-corrected chi connectivity index (χ1v) is 8.57. The van der Waals surface area contributed by atoms with Crippen molar-refractivity contribution in [3.8, 4) is 28.7 Å². The standard InChI is InChI=1S/C20H20O9/c1-8-5-12(21)10(6-26-3)17-13(8)20(25)29-18-11(7-27-4)15(22)14(19(23)24)9(2)16(18)28-17/h5,21-22H,6-7H2,1-4H3,(H,23,24). The minimum Gasteiger partial charge on any atom is -0.507 e. The molecule has 0 saturated carbocycles. The van der Waals surface area contributed by atoms with Crippen LogP contribution < -0.4 is 9.47 Å². The van der Waals surface area contributed by atoms with Crippen molar-refractivity contribution in [3.63, 3.8) is 0 Å². The molecule has 1 aliphatic rings. The fourth-order valence-corrected chi connectivity index (χ4v) is 3.33. The van der Waals surface area contributed by atoms with Crippen LogP contribution in [-0.4, -0.2) is 41.5 Å². The van der Waals surface area contributed by atoms with Gasteiger partial charge >= 0.3 is 11.9 Å². The number of phenols is 2. The van der Waals surface area contributed by atoms with Gasteiger partial charge in [-0.3, -0.25) is 0 Å². The summed E-state index contributed by atoms with van der Waals surface area (Å²) in [6, 6.07) is 1.39. The third-order valence-electron chi connectivity index (χ3n) is 4.67. The molecule has 2 aromatic rings. The van der Waals surface area contributed by atoms with Gasteiger partial charge in [0.15, 0.2) is 17.2 Å². The summed E-state index contributed by atoms with van der Waals surface area (Å²) in [5, 5.41) is 30.4. The van der Waals surface area contributed by atoms with Gasteiger partial charge in [0.05, 0.1) is 24.3 Å². The molecule has 0 fully saturated rings. The first kappa shape index (κ1) is 20.4. The van der Waals surface area contributed by atoms with Crippen LogP contribution >= 0.6 is 0 Å². The van der Waals surface area contributed by atoms with Crippen molar-refractivity contribution in [2.24, 2.45) is 0 Å². The number of carbonyl (C=O) groups excluding carboxylic acids is 1. The second-order valence-electron chi connectivity index (χ2n) is 6.54. The number of carboxylic acids is 1. The third-order valence-corrected chi connectivity index (χ3v) is 4.67. The molecule has 0 radical (unpaired) electrons. The van der Waals surface area contributed by atoms with E-state index in [9.17, 15) is 24.9 Å². The Morgan fingerprint density at radius 2 is 1.62 bits per heavy atom. The van der Waals surface area contributed by atoms with E-state index in [1.807, 2.05) is 0 Å². The van der Waals surface area contributed by atoms with Gasteiger partial charge in [-0.1, -0.05) is 0 Å². The molecule has 0 aliphatic carbocycles.